The van der Waals surface area contributed by atoms with E-state index < -0.39 is 6.04 Å². The summed E-state index contributed by atoms with van der Waals surface area (Å²) >= 11 is 0. The van der Waals surface area contributed by atoms with Crippen LogP contribution < -0.4 is 10.9 Å². The summed E-state index contributed by atoms with van der Waals surface area (Å²) in [6.07, 6.45) is 5.85. The van der Waals surface area contributed by atoms with E-state index in [9.17, 15) is 9.59 Å². The third kappa shape index (κ3) is 4.24. The molecule has 1 saturated heterocycles. The van der Waals surface area contributed by atoms with Gasteiger partial charge in [-0.3, -0.25) is 9.59 Å². The van der Waals surface area contributed by atoms with Gasteiger partial charge in [-0.1, -0.05) is 32.0 Å². The SMILES string of the molecule is CC[C@@H](C(=O)NCCCN1CCC[C@@H](C)C1)n1c2ccccc2c2cnn(C)c(=O)c21. The van der Waals surface area contributed by atoms with Crippen LogP contribution in [0.5, 0.6) is 0 Å². The van der Waals surface area contributed by atoms with Crippen molar-refractivity contribution in [1.82, 2.24) is 24.6 Å². The van der Waals surface area contributed by atoms with Crippen molar-refractivity contribution in [2.24, 2.45) is 13.0 Å². The van der Waals surface area contributed by atoms with Crippen LogP contribution in [0, 0.1) is 5.92 Å². The van der Waals surface area contributed by atoms with Gasteiger partial charge in [0.25, 0.3) is 5.56 Å². The summed E-state index contributed by atoms with van der Waals surface area (Å²) in [6, 6.07) is 7.42. The van der Waals surface area contributed by atoms with Crippen molar-refractivity contribution in [2.75, 3.05) is 26.2 Å². The summed E-state index contributed by atoms with van der Waals surface area (Å²) in [4.78, 5) is 28.7. The van der Waals surface area contributed by atoms with Gasteiger partial charge in [0.15, 0.2) is 0 Å². The van der Waals surface area contributed by atoms with Crippen LogP contribution in [0.4, 0.5) is 0 Å². The summed E-state index contributed by atoms with van der Waals surface area (Å²) in [5.41, 5.74) is 1.26. The van der Waals surface area contributed by atoms with E-state index in [2.05, 4.69) is 22.2 Å². The molecule has 0 spiro atoms. The summed E-state index contributed by atoms with van der Waals surface area (Å²) in [5.74, 6) is 0.733. The third-order valence-corrected chi connectivity index (χ3v) is 6.50. The van der Waals surface area contributed by atoms with E-state index in [0.717, 1.165) is 48.3 Å². The molecule has 3 heterocycles. The largest absolute Gasteiger partial charge is 0.354 e. The number of hydrogen-bond acceptors (Lipinski definition) is 4. The number of nitrogens with zero attached hydrogens (tertiary/aromatic N) is 4. The molecule has 1 N–H and O–H groups in total. The second-order valence-corrected chi connectivity index (χ2v) is 8.84. The van der Waals surface area contributed by atoms with Crippen LogP contribution in [0.3, 0.4) is 0 Å². The highest BCUT2D eigenvalue weighted by molar-refractivity contribution is 6.08. The molecule has 0 saturated carbocycles. The van der Waals surface area contributed by atoms with Gasteiger partial charge in [0.2, 0.25) is 5.91 Å². The van der Waals surface area contributed by atoms with Crippen molar-refractivity contribution in [3.8, 4) is 0 Å². The first kappa shape index (κ1) is 21.6. The van der Waals surface area contributed by atoms with Gasteiger partial charge in [0.1, 0.15) is 11.6 Å². The quantitative estimate of drug-likeness (QED) is 0.593. The zero-order chi connectivity index (χ0) is 22.0. The second-order valence-electron chi connectivity index (χ2n) is 8.84. The van der Waals surface area contributed by atoms with Crippen molar-refractivity contribution in [1.29, 1.82) is 0 Å². The lowest BCUT2D eigenvalue weighted by atomic mass is 10.0. The highest BCUT2D eigenvalue weighted by Crippen LogP contribution is 2.30. The summed E-state index contributed by atoms with van der Waals surface area (Å²) in [6.45, 7) is 8.29. The molecule has 166 valence electrons. The van der Waals surface area contributed by atoms with Gasteiger partial charge in [-0.2, -0.15) is 5.10 Å². The van der Waals surface area contributed by atoms with Gasteiger partial charge < -0.3 is 14.8 Å². The first-order valence-electron chi connectivity index (χ1n) is 11.5. The number of aryl methyl sites for hydroxylation is 1. The monoisotopic (exact) mass is 423 g/mol. The molecule has 1 amide bonds. The van der Waals surface area contributed by atoms with E-state index in [1.807, 2.05) is 35.8 Å². The fourth-order valence-corrected chi connectivity index (χ4v) is 4.92. The Labute approximate surface area is 183 Å². The molecule has 2 aromatic heterocycles. The van der Waals surface area contributed by atoms with Crippen LogP contribution in [0.15, 0.2) is 35.3 Å². The fourth-order valence-electron chi connectivity index (χ4n) is 4.92. The van der Waals surface area contributed by atoms with E-state index in [1.54, 1.807) is 13.2 Å². The van der Waals surface area contributed by atoms with Gasteiger partial charge in [-0.25, -0.2) is 4.68 Å². The fraction of sp³-hybridized carbons (Fsp3) is 0.542. The number of amides is 1. The molecule has 31 heavy (non-hydrogen) atoms. The maximum atomic E-state index is 13.2. The molecular formula is C24H33N5O2. The maximum absolute atomic E-state index is 13.2. The standard InChI is InChI=1S/C24H33N5O2/c1-4-20(23(30)25-12-8-14-28-13-7-9-17(2)16-28)29-21-11-6-5-10-18(21)19-15-26-27(3)24(31)22(19)29/h5-6,10-11,15,17,20H,4,7-9,12-14,16H2,1-3H3,(H,25,30)/t17-,20+/m1/s1. The van der Waals surface area contributed by atoms with Crippen molar-refractivity contribution >= 4 is 27.7 Å². The minimum absolute atomic E-state index is 0.0315. The normalized spacial score (nSPS) is 18.5. The number of piperidine rings is 1. The van der Waals surface area contributed by atoms with Crippen molar-refractivity contribution in [3.05, 3.63) is 40.8 Å². The first-order valence-corrected chi connectivity index (χ1v) is 11.5. The van der Waals surface area contributed by atoms with Gasteiger partial charge >= 0.3 is 0 Å². The molecule has 1 aromatic carbocycles. The van der Waals surface area contributed by atoms with Gasteiger partial charge in [0.05, 0.1) is 11.7 Å². The average molecular weight is 424 g/mol. The van der Waals surface area contributed by atoms with Crippen molar-refractivity contribution in [3.63, 3.8) is 0 Å². The lowest BCUT2D eigenvalue weighted by molar-refractivity contribution is -0.124. The predicted molar refractivity (Wildman–Crippen MR) is 124 cm³/mol. The Bertz CT molecular complexity index is 1130. The number of likely N-dealkylation sites (tertiary alicyclic amines) is 1. The number of nitrogens with one attached hydrogen (secondary N) is 1. The number of para-hydroxylation sites is 1. The topological polar surface area (TPSA) is 72.2 Å². The molecule has 0 bridgehead atoms. The Morgan fingerprint density at radius 2 is 2.10 bits per heavy atom. The Morgan fingerprint density at radius 3 is 2.87 bits per heavy atom. The van der Waals surface area contributed by atoms with Crippen LogP contribution >= 0.6 is 0 Å². The lowest BCUT2D eigenvalue weighted by Gasteiger charge is -2.30. The van der Waals surface area contributed by atoms with E-state index in [1.165, 1.54) is 17.5 Å². The predicted octanol–water partition coefficient (Wildman–Crippen LogP) is 3.08. The second kappa shape index (κ2) is 9.22. The first-order chi connectivity index (χ1) is 15.0. The van der Waals surface area contributed by atoms with Gasteiger partial charge in [-0.15, -0.1) is 0 Å². The number of benzene rings is 1. The summed E-state index contributed by atoms with van der Waals surface area (Å²) in [7, 11) is 1.65. The minimum atomic E-state index is -0.437. The van der Waals surface area contributed by atoms with Crippen LogP contribution in [-0.2, 0) is 11.8 Å². The number of hydrogen-bond donors (Lipinski definition) is 1. The van der Waals surface area contributed by atoms with Crippen molar-refractivity contribution < 1.29 is 4.79 Å². The molecule has 0 radical (unpaired) electrons. The van der Waals surface area contributed by atoms with E-state index in [-0.39, 0.29) is 11.5 Å². The molecule has 3 aromatic rings. The van der Waals surface area contributed by atoms with Crippen molar-refractivity contribution in [2.45, 2.75) is 45.6 Å². The number of rotatable bonds is 7. The molecular weight excluding hydrogens is 390 g/mol. The Hall–Kier alpha value is -2.67. The minimum Gasteiger partial charge on any atom is -0.354 e. The van der Waals surface area contributed by atoms with Crippen LogP contribution in [-0.4, -0.2) is 51.3 Å². The van der Waals surface area contributed by atoms with E-state index in [0.29, 0.717) is 18.5 Å². The Morgan fingerprint density at radius 1 is 1.29 bits per heavy atom. The summed E-state index contributed by atoms with van der Waals surface area (Å²) < 4.78 is 3.25. The molecule has 1 fully saturated rings. The number of aromatic nitrogens is 3. The van der Waals surface area contributed by atoms with E-state index in [4.69, 9.17) is 0 Å². The molecule has 7 heteroatoms. The molecule has 4 rings (SSSR count). The van der Waals surface area contributed by atoms with Gasteiger partial charge in [-0.05, 0) is 50.8 Å². The Kier molecular flexibility index (Phi) is 6.41. The number of carbonyl (C=O) groups is 1. The highest BCUT2D eigenvalue weighted by Gasteiger charge is 2.25. The zero-order valence-electron chi connectivity index (χ0n) is 18.8. The number of carbonyl (C=O) groups excluding carboxylic acids is 1. The molecule has 0 unspecified atom stereocenters. The van der Waals surface area contributed by atoms with Crippen LogP contribution in [0.1, 0.15) is 45.6 Å². The summed E-state index contributed by atoms with van der Waals surface area (Å²) in [5, 5.41) is 9.07. The smallest absolute Gasteiger partial charge is 0.291 e. The third-order valence-electron chi connectivity index (χ3n) is 6.50. The average Bonchev–Trinajstić information content (AvgIpc) is 3.10. The molecule has 1 aliphatic heterocycles. The van der Waals surface area contributed by atoms with Crippen LogP contribution in [0.25, 0.3) is 21.8 Å². The molecule has 7 nitrogen and oxygen atoms in total. The molecule has 0 aliphatic carbocycles. The maximum Gasteiger partial charge on any atom is 0.291 e. The molecule has 2 atom stereocenters. The molecule has 1 aliphatic rings. The van der Waals surface area contributed by atoms with Crippen LogP contribution in [0.2, 0.25) is 0 Å². The highest BCUT2D eigenvalue weighted by atomic mass is 16.2. The zero-order valence-corrected chi connectivity index (χ0v) is 18.8. The number of fused-ring (bicyclic) bond motifs is 3. The van der Waals surface area contributed by atoms with Gasteiger partial charge in [0, 0.05) is 30.9 Å². The Balaban J connectivity index is 1.55. The lowest BCUT2D eigenvalue weighted by Crippen LogP contribution is -2.38. The van der Waals surface area contributed by atoms with E-state index >= 15 is 0 Å².